The highest BCUT2D eigenvalue weighted by Gasteiger charge is 2.29. The van der Waals surface area contributed by atoms with Gasteiger partial charge in [-0.15, -0.1) is 55.0 Å². The first-order chi connectivity index (χ1) is 34.8. The first-order valence-corrected chi connectivity index (χ1v) is 27.6. The number of nitrogens with zero attached hydrogens (tertiary/aromatic N) is 2. The van der Waals surface area contributed by atoms with Gasteiger partial charge in [-0.25, -0.2) is 9.97 Å². The molecule has 28 heteroatoms. The van der Waals surface area contributed by atoms with Crippen LogP contribution in [0.4, 0.5) is 0 Å². The van der Waals surface area contributed by atoms with Crippen LogP contribution in [-0.4, -0.2) is 198 Å². The molecule has 0 saturated heterocycles. The number of hydrogen-bond donors (Lipinski definition) is 0. The molecule has 3 aromatic heterocycles. The van der Waals surface area contributed by atoms with Gasteiger partial charge in [-0.1, -0.05) is 93.5 Å². The van der Waals surface area contributed by atoms with Gasteiger partial charge in [0.15, 0.2) is 5.58 Å². The molecule has 0 aliphatic carbocycles. The van der Waals surface area contributed by atoms with Gasteiger partial charge in [-0.05, 0) is 73.0 Å². The number of hydrogen-bond acceptors (Lipinski definition) is 4. The van der Waals surface area contributed by atoms with Crippen molar-refractivity contribution in [2.45, 2.75) is 0 Å². The maximum atomic E-state index is 6.99. The first-order valence-electron chi connectivity index (χ1n) is 26.8. The van der Waals surface area contributed by atoms with Crippen LogP contribution in [-0.2, 0) is 0 Å². The highest BCUT2D eigenvalue weighted by atomic mass is 32.1. The molecule has 0 saturated carbocycles. The Balaban J connectivity index is 1.17. The molecule has 0 spiro atoms. The van der Waals surface area contributed by atoms with Gasteiger partial charge in [0.05, 0.1) is 0 Å². The van der Waals surface area contributed by atoms with E-state index in [0.29, 0.717) is 0 Å². The molecule has 0 N–H and O–H groups in total. The molecule has 0 bridgehead atoms. The predicted octanol–water partition coefficient (Wildman–Crippen LogP) is -28.7. The monoisotopic (exact) mass is 945 g/mol. The molecule has 0 amide bonds. The second-order valence-corrected chi connectivity index (χ2v) is 23.7. The molecule has 3 nitrogen and oxygen atoms in total. The number of thiophene rings is 1. The Hall–Kier alpha value is -4.80. The maximum absolute atomic E-state index is 6.99. The Bertz CT molecular complexity index is 4210. The molecular formula is C46H52B24N2OS. The van der Waals surface area contributed by atoms with Crippen molar-refractivity contribution >= 4 is 373 Å². The van der Waals surface area contributed by atoms with E-state index in [1.807, 2.05) is 11.3 Å². The van der Waals surface area contributed by atoms with Crippen molar-refractivity contribution in [3.05, 3.63) is 24.5 Å². The molecule has 10 rings (SSSR count). The lowest BCUT2D eigenvalue weighted by atomic mass is 9.54. The molecule has 10 aromatic rings. The lowest BCUT2D eigenvalue weighted by molar-refractivity contribution is 0.667. The summed E-state index contributed by atoms with van der Waals surface area (Å²) in [5.74, 6) is 0. The van der Waals surface area contributed by atoms with Crippen LogP contribution in [0.15, 0.2) is 28.9 Å². The average Bonchev–Trinajstić information content (AvgIpc) is 3.96. The fourth-order valence-electron chi connectivity index (χ4n) is 13.7. The highest BCUT2D eigenvalue weighted by Crippen LogP contribution is 2.37. The summed E-state index contributed by atoms with van der Waals surface area (Å²) in [7, 11) is 55.6. The molecular weight excluding hydrogens is 888 g/mol. The first kappa shape index (κ1) is 52.6. The van der Waals surface area contributed by atoms with Crippen LogP contribution in [0.25, 0.3) is 98.0 Å². The number of aromatic nitrogens is 2. The van der Waals surface area contributed by atoms with Crippen LogP contribution in [0.1, 0.15) is 0 Å². The molecule has 0 aliphatic heterocycles. The van der Waals surface area contributed by atoms with E-state index in [1.54, 1.807) is 6.33 Å². The Kier molecular flexibility index (Phi) is 13.1. The van der Waals surface area contributed by atoms with Crippen LogP contribution in [0, 0.1) is 0 Å². The smallest absolute Gasteiger partial charge is 0.180 e. The molecule has 3 heterocycles. The molecule has 330 valence electrons. The van der Waals surface area contributed by atoms with E-state index in [4.69, 9.17) is 14.4 Å². The van der Waals surface area contributed by atoms with Crippen molar-refractivity contribution in [1.82, 2.24) is 9.97 Å². The third-order valence-corrected chi connectivity index (χ3v) is 21.1. The normalized spacial score (nSPS) is 11.7. The van der Waals surface area contributed by atoms with Gasteiger partial charge in [-0.2, -0.15) is 0 Å². The number of fused-ring (bicyclic) bond motifs is 6. The summed E-state index contributed by atoms with van der Waals surface area (Å²) < 4.78 is 9.78. The highest BCUT2D eigenvalue weighted by molar-refractivity contribution is 7.28. The summed E-state index contributed by atoms with van der Waals surface area (Å²) in [6.07, 6.45) is 1.75. The van der Waals surface area contributed by atoms with Crippen LogP contribution < -0.4 is 131 Å². The molecule has 0 radical (unpaired) electrons. The number of rotatable bonds is 5. The molecule has 0 atom stereocenters. The molecule has 0 aliphatic rings. The van der Waals surface area contributed by atoms with Crippen LogP contribution in [0.3, 0.4) is 0 Å². The van der Waals surface area contributed by atoms with Crippen LogP contribution in [0.5, 0.6) is 0 Å². The van der Waals surface area contributed by atoms with Gasteiger partial charge in [0.2, 0.25) is 0 Å². The van der Waals surface area contributed by atoms with E-state index in [9.17, 15) is 0 Å². The minimum absolute atomic E-state index is 0.733. The van der Waals surface area contributed by atoms with Crippen molar-refractivity contribution in [1.29, 1.82) is 0 Å². The van der Waals surface area contributed by atoms with Crippen molar-refractivity contribution in [3.63, 3.8) is 0 Å². The van der Waals surface area contributed by atoms with Gasteiger partial charge in [0, 0.05) is 14.8 Å². The van der Waals surface area contributed by atoms with Crippen molar-refractivity contribution in [2.24, 2.45) is 0 Å². The SMILES string of the molecule is Bc1c(B)c(B)c(-c2c(B)c(B)c(-c3c(B)c(B)c(B)c(-c4ccc5oc6c(-c7c(B)c(B)c(B)c(-c8c(B)c(B)c(B)c9c8sc8c(B)c(B)c(B)c(B)c89)c7B)ncnc6c5c4)c3B)c(B)c2B)c(B)c1B. The van der Waals surface area contributed by atoms with E-state index in [-0.39, 0.29) is 0 Å². The average molecular weight is 940 g/mol. The molecule has 0 unspecified atom stereocenters. The Morgan fingerprint density at radius 3 is 1.19 bits per heavy atom. The lowest BCUT2D eigenvalue weighted by Gasteiger charge is -2.30. The summed E-state index contributed by atoms with van der Waals surface area (Å²) in [4.78, 5) is 10.2. The second kappa shape index (κ2) is 18.4. The summed E-state index contributed by atoms with van der Waals surface area (Å²) >= 11 is 1.98. The second-order valence-electron chi connectivity index (χ2n) is 22.7. The van der Waals surface area contributed by atoms with E-state index >= 15 is 0 Å². The minimum atomic E-state index is 0.733. The quantitative estimate of drug-likeness (QED) is 0.161. The zero-order valence-corrected chi connectivity index (χ0v) is 49.8. The summed E-state index contributed by atoms with van der Waals surface area (Å²) in [6.45, 7) is 0. The van der Waals surface area contributed by atoms with Gasteiger partial charge in [-0.3, -0.25) is 0 Å². The van der Waals surface area contributed by atoms with Crippen molar-refractivity contribution < 1.29 is 4.42 Å². The Morgan fingerprint density at radius 1 is 0.311 bits per heavy atom. The Morgan fingerprint density at radius 2 is 0.662 bits per heavy atom. The van der Waals surface area contributed by atoms with Gasteiger partial charge in [0.1, 0.15) is 211 Å². The molecule has 7 aromatic carbocycles. The van der Waals surface area contributed by atoms with E-state index < -0.39 is 0 Å². The van der Waals surface area contributed by atoms with Crippen molar-refractivity contribution in [3.8, 4) is 55.8 Å². The largest absolute Gasteiger partial charge is 0.452 e. The maximum Gasteiger partial charge on any atom is 0.180 e. The number of benzene rings is 7. The van der Waals surface area contributed by atoms with Gasteiger partial charge < -0.3 is 4.42 Å². The summed E-state index contributed by atoms with van der Waals surface area (Å²) in [5, 5.41) is 3.84. The fraction of sp³-hybridized carbons (Fsp3) is 0. The zero-order chi connectivity index (χ0) is 53.9. The minimum Gasteiger partial charge on any atom is -0.452 e. The van der Waals surface area contributed by atoms with Gasteiger partial charge >= 0.3 is 0 Å². The predicted molar refractivity (Wildman–Crippen MR) is 406 cm³/mol. The zero-order valence-electron chi connectivity index (χ0n) is 49.0. The number of furan rings is 1. The topological polar surface area (TPSA) is 38.9 Å². The Labute approximate surface area is 464 Å². The summed E-state index contributed by atoms with van der Waals surface area (Å²) in [5.41, 5.74) is 47.5. The van der Waals surface area contributed by atoms with Gasteiger partial charge in [0.25, 0.3) is 0 Å². The molecule has 74 heavy (non-hydrogen) atoms. The lowest BCUT2D eigenvalue weighted by Crippen LogP contribution is -2.57. The van der Waals surface area contributed by atoms with E-state index in [1.165, 1.54) is 196 Å². The van der Waals surface area contributed by atoms with Crippen molar-refractivity contribution in [2.75, 3.05) is 0 Å². The molecule has 0 fully saturated rings. The standard InChI is InChI=1S/C46H52B24N2OS/c47-18-8(20(49)33(62)25(54)9(18)10-21(50)23(52)11(24(53)22(10)51)12-26(55)36(65)39(68)37(66)27(12)56)5-1-2-7-6(3-5)42-44(73-7)43(72-4-71-42)17-19(48)13(28(57)34(63)32(17)61)14-29(58)35(64)30(59)15-16-31(60)38(67)40(69)41(70)46(16)74-45(14)15/h1-4H,47-70H2. The van der Waals surface area contributed by atoms with E-state index in [0.717, 1.165) is 33.3 Å². The van der Waals surface area contributed by atoms with E-state index in [2.05, 4.69) is 207 Å². The summed E-state index contributed by atoms with van der Waals surface area (Å²) in [6, 6.07) is 6.75. The van der Waals surface area contributed by atoms with Crippen LogP contribution in [0.2, 0.25) is 0 Å². The third-order valence-electron chi connectivity index (χ3n) is 19.8. The van der Waals surface area contributed by atoms with Crippen LogP contribution >= 0.6 is 11.3 Å². The fourth-order valence-corrected chi connectivity index (χ4v) is 15.3. The third kappa shape index (κ3) is 7.20.